The summed E-state index contributed by atoms with van der Waals surface area (Å²) >= 11 is 0. The molecule has 1 aliphatic heterocycles. The Bertz CT molecular complexity index is 575. The molecule has 23 heavy (non-hydrogen) atoms. The highest BCUT2D eigenvalue weighted by Gasteiger charge is 2.27. The highest BCUT2D eigenvalue weighted by atomic mass is 19.1. The van der Waals surface area contributed by atoms with Crippen LogP contribution in [-0.4, -0.2) is 41.6 Å². The molecule has 1 N–H and O–H groups in total. The molecule has 0 aromatic heterocycles. The molecule has 126 valence electrons. The van der Waals surface area contributed by atoms with Gasteiger partial charge < -0.3 is 15.0 Å². The maximum absolute atomic E-state index is 13.6. The highest BCUT2D eigenvalue weighted by molar-refractivity contribution is 5.94. The van der Waals surface area contributed by atoms with Crippen molar-refractivity contribution >= 4 is 12.0 Å². The van der Waals surface area contributed by atoms with Crippen LogP contribution in [0.5, 0.6) is 0 Å². The van der Waals surface area contributed by atoms with E-state index in [1.807, 2.05) is 20.8 Å². The van der Waals surface area contributed by atoms with Crippen molar-refractivity contribution in [2.24, 2.45) is 0 Å². The van der Waals surface area contributed by atoms with Crippen molar-refractivity contribution in [3.8, 4) is 0 Å². The molecule has 0 saturated carbocycles. The molecule has 0 unspecified atom stereocenters. The Morgan fingerprint density at radius 1 is 1.22 bits per heavy atom. The highest BCUT2D eigenvalue weighted by Crippen LogP contribution is 2.16. The standard InChI is InChI=1S/C17H23FN2O3/c1-17(2,3)23-16(22)20-10-8-12(9-11-20)19-15(21)13-6-4-5-7-14(13)18/h4-7,12H,8-11H2,1-3H3,(H,19,21). The van der Waals surface area contributed by atoms with E-state index in [2.05, 4.69) is 5.32 Å². The van der Waals surface area contributed by atoms with Gasteiger partial charge in [0.25, 0.3) is 5.91 Å². The number of benzene rings is 1. The molecule has 5 nitrogen and oxygen atoms in total. The lowest BCUT2D eigenvalue weighted by Crippen LogP contribution is -2.47. The molecule has 0 aliphatic carbocycles. The van der Waals surface area contributed by atoms with Crippen molar-refractivity contribution in [3.05, 3.63) is 35.6 Å². The summed E-state index contributed by atoms with van der Waals surface area (Å²) in [5.74, 6) is -0.949. The number of hydrogen-bond donors (Lipinski definition) is 1. The predicted molar refractivity (Wildman–Crippen MR) is 84.7 cm³/mol. The molecule has 0 bridgehead atoms. The van der Waals surface area contributed by atoms with Gasteiger partial charge in [-0.3, -0.25) is 4.79 Å². The maximum Gasteiger partial charge on any atom is 0.410 e. The molecule has 0 radical (unpaired) electrons. The van der Waals surface area contributed by atoms with Gasteiger partial charge in [-0.1, -0.05) is 12.1 Å². The van der Waals surface area contributed by atoms with Crippen LogP contribution < -0.4 is 5.32 Å². The van der Waals surface area contributed by atoms with E-state index < -0.39 is 17.3 Å². The van der Waals surface area contributed by atoms with Gasteiger partial charge in [0.15, 0.2) is 0 Å². The first-order valence-electron chi connectivity index (χ1n) is 7.79. The first-order valence-corrected chi connectivity index (χ1v) is 7.79. The number of amides is 2. The third kappa shape index (κ3) is 4.94. The first-order chi connectivity index (χ1) is 10.8. The van der Waals surface area contributed by atoms with Gasteiger partial charge in [-0.25, -0.2) is 9.18 Å². The lowest BCUT2D eigenvalue weighted by molar-refractivity contribution is 0.0199. The molecule has 0 atom stereocenters. The van der Waals surface area contributed by atoms with Crippen LogP contribution in [0, 0.1) is 5.82 Å². The zero-order valence-electron chi connectivity index (χ0n) is 13.8. The first kappa shape index (κ1) is 17.2. The summed E-state index contributed by atoms with van der Waals surface area (Å²) in [6, 6.07) is 5.83. The number of hydrogen-bond acceptors (Lipinski definition) is 3. The Balaban J connectivity index is 1.84. The fraction of sp³-hybridized carbons (Fsp3) is 0.529. The van der Waals surface area contributed by atoms with E-state index in [0.29, 0.717) is 25.9 Å². The van der Waals surface area contributed by atoms with Crippen molar-refractivity contribution in [1.82, 2.24) is 10.2 Å². The quantitative estimate of drug-likeness (QED) is 0.911. The smallest absolute Gasteiger partial charge is 0.410 e. The lowest BCUT2D eigenvalue weighted by Gasteiger charge is -2.33. The van der Waals surface area contributed by atoms with Crippen LogP contribution in [0.3, 0.4) is 0 Å². The maximum atomic E-state index is 13.6. The Morgan fingerprint density at radius 3 is 2.39 bits per heavy atom. The van der Waals surface area contributed by atoms with Gasteiger partial charge >= 0.3 is 6.09 Å². The van der Waals surface area contributed by atoms with E-state index in [4.69, 9.17) is 4.74 Å². The van der Waals surface area contributed by atoms with Gasteiger partial charge in [0.1, 0.15) is 11.4 Å². The number of carbonyl (C=O) groups excluding carboxylic acids is 2. The summed E-state index contributed by atoms with van der Waals surface area (Å²) in [5, 5.41) is 2.83. The Morgan fingerprint density at radius 2 is 1.83 bits per heavy atom. The molecule has 2 rings (SSSR count). The Labute approximate surface area is 135 Å². The van der Waals surface area contributed by atoms with E-state index in [1.165, 1.54) is 12.1 Å². The molecule has 1 saturated heterocycles. The minimum atomic E-state index is -0.531. The molecule has 0 spiro atoms. The van der Waals surface area contributed by atoms with Gasteiger partial charge in [0, 0.05) is 19.1 Å². The summed E-state index contributed by atoms with van der Waals surface area (Å²) in [4.78, 5) is 25.7. The van der Waals surface area contributed by atoms with Crippen molar-refractivity contribution < 1.29 is 18.7 Å². The second-order valence-corrected chi connectivity index (χ2v) is 6.69. The molecule has 1 aliphatic rings. The monoisotopic (exact) mass is 322 g/mol. The number of ether oxygens (including phenoxy) is 1. The predicted octanol–water partition coefficient (Wildman–Crippen LogP) is 2.96. The van der Waals surface area contributed by atoms with Crippen LogP contribution in [0.4, 0.5) is 9.18 Å². The normalized spacial score (nSPS) is 16.1. The zero-order valence-corrected chi connectivity index (χ0v) is 13.8. The molecular weight excluding hydrogens is 299 g/mol. The number of likely N-dealkylation sites (tertiary alicyclic amines) is 1. The molecule has 1 aromatic rings. The van der Waals surface area contributed by atoms with E-state index in [9.17, 15) is 14.0 Å². The molecule has 1 fully saturated rings. The van der Waals surface area contributed by atoms with Crippen LogP contribution >= 0.6 is 0 Å². The third-order valence-electron chi connectivity index (χ3n) is 3.60. The number of halogens is 1. The molecule has 6 heteroatoms. The number of nitrogens with one attached hydrogen (secondary N) is 1. The van der Waals surface area contributed by atoms with E-state index in [0.717, 1.165) is 0 Å². The average Bonchev–Trinajstić information content (AvgIpc) is 2.46. The number of carbonyl (C=O) groups is 2. The molecule has 2 amide bonds. The van der Waals surface area contributed by atoms with Crippen molar-refractivity contribution in [3.63, 3.8) is 0 Å². The minimum absolute atomic E-state index is 0.0436. The summed E-state index contributed by atoms with van der Waals surface area (Å²) in [6.45, 7) is 6.50. The number of piperidine rings is 1. The van der Waals surface area contributed by atoms with Gasteiger partial charge in [0.2, 0.25) is 0 Å². The molecular formula is C17H23FN2O3. The van der Waals surface area contributed by atoms with E-state index in [-0.39, 0.29) is 17.7 Å². The van der Waals surface area contributed by atoms with Crippen LogP contribution in [0.25, 0.3) is 0 Å². The Hall–Kier alpha value is -2.11. The topological polar surface area (TPSA) is 58.6 Å². The second-order valence-electron chi connectivity index (χ2n) is 6.69. The molecule has 1 aromatic carbocycles. The third-order valence-corrected chi connectivity index (χ3v) is 3.60. The fourth-order valence-electron chi connectivity index (χ4n) is 2.44. The summed E-state index contributed by atoms with van der Waals surface area (Å²) < 4.78 is 18.9. The summed E-state index contributed by atoms with van der Waals surface area (Å²) in [5.41, 5.74) is -0.477. The van der Waals surface area contributed by atoms with E-state index in [1.54, 1.807) is 17.0 Å². The van der Waals surface area contributed by atoms with Crippen molar-refractivity contribution in [1.29, 1.82) is 0 Å². The van der Waals surface area contributed by atoms with Crippen molar-refractivity contribution in [2.75, 3.05) is 13.1 Å². The summed E-state index contributed by atoms with van der Waals surface area (Å²) in [7, 11) is 0. The fourth-order valence-corrected chi connectivity index (χ4v) is 2.44. The van der Waals surface area contributed by atoms with Crippen LogP contribution in [0.2, 0.25) is 0 Å². The summed E-state index contributed by atoms with van der Waals surface area (Å²) in [6.07, 6.45) is 0.912. The van der Waals surface area contributed by atoms with Crippen LogP contribution in [0.1, 0.15) is 44.0 Å². The Kier molecular flexibility index (Phi) is 5.23. The van der Waals surface area contributed by atoms with Gasteiger partial charge in [-0.2, -0.15) is 0 Å². The van der Waals surface area contributed by atoms with Gasteiger partial charge in [-0.05, 0) is 45.7 Å². The van der Waals surface area contributed by atoms with E-state index >= 15 is 0 Å². The van der Waals surface area contributed by atoms with Crippen LogP contribution in [-0.2, 0) is 4.74 Å². The zero-order chi connectivity index (χ0) is 17.0. The van der Waals surface area contributed by atoms with Gasteiger partial charge in [-0.15, -0.1) is 0 Å². The SMILES string of the molecule is CC(C)(C)OC(=O)N1CCC(NC(=O)c2ccccc2F)CC1. The average molecular weight is 322 g/mol. The number of rotatable bonds is 2. The van der Waals surface area contributed by atoms with Crippen molar-refractivity contribution in [2.45, 2.75) is 45.3 Å². The largest absolute Gasteiger partial charge is 0.444 e. The number of nitrogens with zero attached hydrogens (tertiary/aromatic N) is 1. The minimum Gasteiger partial charge on any atom is -0.444 e. The second kappa shape index (κ2) is 6.98. The molecule has 1 heterocycles. The lowest BCUT2D eigenvalue weighted by atomic mass is 10.0. The van der Waals surface area contributed by atoms with Gasteiger partial charge in [0.05, 0.1) is 5.56 Å². The van der Waals surface area contributed by atoms with Crippen LogP contribution in [0.15, 0.2) is 24.3 Å².